The lowest BCUT2D eigenvalue weighted by atomic mass is 10.2. The number of carbonyl (C=O) groups excluding carboxylic acids is 2. The minimum Gasteiger partial charge on any atom is -0.334 e. The molecule has 1 heterocycles. The molecule has 3 amide bonds. The fourth-order valence-corrected chi connectivity index (χ4v) is 2.92. The van der Waals surface area contributed by atoms with Crippen LogP contribution in [0.15, 0.2) is 41.8 Å². The standard InChI is InChI=1S/C16H21N5O2S/c1-12(2)21-11-18-20-16(21)24-9-8-14(22)19-15(23)17-10-13-6-4-3-5-7-13/h3-7,11-12H,8-10H2,1-2H3,(H2,17,19,22,23). The van der Waals surface area contributed by atoms with E-state index < -0.39 is 6.03 Å². The van der Waals surface area contributed by atoms with Gasteiger partial charge in [0.05, 0.1) is 0 Å². The number of carbonyl (C=O) groups is 2. The molecule has 2 aromatic rings. The van der Waals surface area contributed by atoms with Gasteiger partial charge in [0.2, 0.25) is 5.91 Å². The highest BCUT2D eigenvalue weighted by Crippen LogP contribution is 2.19. The molecule has 0 fully saturated rings. The molecule has 0 bridgehead atoms. The maximum atomic E-state index is 11.8. The third-order valence-electron chi connectivity index (χ3n) is 3.21. The molecular weight excluding hydrogens is 326 g/mol. The van der Waals surface area contributed by atoms with Crippen molar-refractivity contribution < 1.29 is 9.59 Å². The third-order valence-corrected chi connectivity index (χ3v) is 4.16. The second-order valence-corrected chi connectivity index (χ2v) is 6.49. The molecule has 0 spiro atoms. The lowest BCUT2D eigenvalue weighted by molar-refractivity contribution is -0.119. The van der Waals surface area contributed by atoms with E-state index in [1.54, 1.807) is 6.33 Å². The zero-order valence-electron chi connectivity index (χ0n) is 13.7. The normalized spacial score (nSPS) is 10.6. The van der Waals surface area contributed by atoms with Crippen molar-refractivity contribution in [3.63, 3.8) is 0 Å². The first-order chi connectivity index (χ1) is 11.6. The number of amides is 3. The van der Waals surface area contributed by atoms with Crippen LogP contribution in [0.4, 0.5) is 4.79 Å². The van der Waals surface area contributed by atoms with Crippen LogP contribution in [-0.2, 0) is 11.3 Å². The van der Waals surface area contributed by atoms with E-state index in [9.17, 15) is 9.59 Å². The zero-order chi connectivity index (χ0) is 17.4. The van der Waals surface area contributed by atoms with E-state index >= 15 is 0 Å². The highest BCUT2D eigenvalue weighted by molar-refractivity contribution is 7.99. The number of nitrogens with zero attached hydrogens (tertiary/aromatic N) is 3. The van der Waals surface area contributed by atoms with Crippen LogP contribution in [0.1, 0.15) is 31.9 Å². The van der Waals surface area contributed by atoms with Crippen LogP contribution in [0, 0.1) is 0 Å². The average molecular weight is 347 g/mol. The van der Waals surface area contributed by atoms with Crippen LogP contribution in [0.5, 0.6) is 0 Å². The molecule has 8 heteroatoms. The fraction of sp³-hybridized carbons (Fsp3) is 0.375. The monoisotopic (exact) mass is 347 g/mol. The molecule has 0 aliphatic carbocycles. The van der Waals surface area contributed by atoms with Gasteiger partial charge in [-0.15, -0.1) is 10.2 Å². The first-order valence-corrected chi connectivity index (χ1v) is 8.68. The van der Waals surface area contributed by atoms with Gasteiger partial charge in [0, 0.05) is 24.8 Å². The van der Waals surface area contributed by atoms with E-state index in [0.717, 1.165) is 10.7 Å². The van der Waals surface area contributed by atoms with Gasteiger partial charge in [-0.25, -0.2) is 4.79 Å². The van der Waals surface area contributed by atoms with Crippen molar-refractivity contribution in [2.24, 2.45) is 0 Å². The molecule has 24 heavy (non-hydrogen) atoms. The summed E-state index contributed by atoms with van der Waals surface area (Å²) in [6.07, 6.45) is 1.90. The SMILES string of the molecule is CC(C)n1cnnc1SCCC(=O)NC(=O)NCc1ccccc1. The van der Waals surface area contributed by atoms with Gasteiger partial charge in [0.1, 0.15) is 6.33 Å². The molecule has 1 aromatic heterocycles. The molecular formula is C16H21N5O2S. The summed E-state index contributed by atoms with van der Waals surface area (Å²) in [4.78, 5) is 23.5. The van der Waals surface area contributed by atoms with Gasteiger partial charge in [-0.05, 0) is 19.4 Å². The summed E-state index contributed by atoms with van der Waals surface area (Å²) in [5, 5.41) is 13.6. The van der Waals surface area contributed by atoms with E-state index in [1.165, 1.54) is 11.8 Å². The van der Waals surface area contributed by atoms with Crippen LogP contribution >= 0.6 is 11.8 Å². The molecule has 2 N–H and O–H groups in total. The molecule has 0 saturated heterocycles. The average Bonchev–Trinajstić information content (AvgIpc) is 3.02. The Hall–Kier alpha value is -2.35. The van der Waals surface area contributed by atoms with Crippen molar-refractivity contribution in [3.8, 4) is 0 Å². The summed E-state index contributed by atoms with van der Waals surface area (Å²) in [5.41, 5.74) is 0.976. The first-order valence-electron chi connectivity index (χ1n) is 7.70. The van der Waals surface area contributed by atoms with Crippen molar-refractivity contribution in [2.75, 3.05) is 5.75 Å². The Morgan fingerprint density at radius 3 is 2.71 bits per heavy atom. The van der Waals surface area contributed by atoms with E-state index in [4.69, 9.17) is 0 Å². The Bertz CT molecular complexity index is 672. The third kappa shape index (κ3) is 5.69. The summed E-state index contributed by atoms with van der Waals surface area (Å²) in [5.74, 6) is 0.215. The number of nitrogens with one attached hydrogen (secondary N) is 2. The summed E-state index contributed by atoms with van der Waals surface area (Å²) in [6.45, 7) is 4.46. The Morgan fingerprint density at radius 1 is 1.25 bits per heavy atom. The molecule has 0 unspecified atom stereocenters. The quantitative estimate of drug-likeness (QED) is 0.751. The van der Waals surface area contributed by atoms with Crippen molar-refractivity contribution >= 4 is 23.7 Å². The van der Waals surface area contributed by atoms with Crippen LogP contribution in [0.25, 0.3) is 0 Å². The van der Waals surface area contributed by atoms with E-state index in [-0.39, 0.29) is 18.4 Å². The number of urea groups is 1. The van der Waals surface area contributed by atoms with Gasteiger partial charge in [-0.3, -0.25) is 10.1 Å². The highest BCUT2D eigenvalue weighted by atomic mass is 32.2. The lowest BCUT2D eigenvalue weighted by Gasteiger charge is -2.09. The van der Waals surface area contributed by atoms with Crippen molar-refractivity contribution in [1.82, 2.24) is 25.4 Å². The molecule has 0 aliphatic rings. The van der Waals surface area contributed by atoms with Crippen LogP contribution in [-0.4, -0.2) is 32.5 Å². The Balaban J connectivity index is 1.67. The Labute approximate surface area is 145 Å². The summed E-state index contributed by atoms with van der Waals surface area (Å²) in [6, 6.07) is 9.29. The number of hydrogen-bond donors (Lipinski definition) is 2. The van der Waals surface area contributed by atoms with Crippen LogP contribution < -0.4 is 10.6 Å². The van der Waals surface area contributed by atoms with Crippen LogP contribution in [0.2, 0.25) is 0 Å². The summed E-state index contributed by atoms with van der Waals surface area (Å²) >= 11 is 1.44. The molecule has 128 valence electrons. The summed E-state index contributed by atoms with van der Waals surface area (Å²) in [7, 11) is 0. The molecule has 1 aromatic carbocycles. The van der Waals surface area contributed by atoms with Gasteiger partial charge in [-0.1, -0.05) is 42.1 Å². The van der Waals surface area contributed by atoms with Crippen molar-refractivity contribution in [1.29, 1.82) is 0 Å². The molecule has 0 saturated carbocycles. The molecule has 0 radical (unpaired) electrons. The van der Waals surface area contributed by atoms with E-state index in [2.05, 4.69) is 20.8 Å². The number of benzene rings is 1. The van der Waals surface area contributed by atoms with Gasteiger partial charge in [0.15, 0.2) is 5.16 Å². The lowest BCUT2D eigenvalue weighted by Crippen LogP contribution is -2.39. The maximum absolute atomic E-state index is 11.8. The highest BCUT2D eigenvalue weighted by Gasteiger charge is 2.11. The predicted octanol–water partition coefficient (Wildman–Crippen LogP) is 2.37. The molecule has 2 rings (SSSR count). The van der Waals surface area contributed by atoms with E-state index in [0.29, 0.717) is 12.3 Å². The topological polar surface area (TPSA) is 88.9 Å². The Morgan fingerprint density at radius 2 is 2.00 bits per heavy atom. The number of aromatic nitrogens is 3. The minimum atomic E-state index is -0.487. The maximum Gasteiger partial charge on any atom is 0.321 e. The fourth-order valence-electron chi connectivity index (χ4n) is 1.94. The number of hydrogen-bond acceptors (Lipinski definition) is 5. The number of thioether (sulfide) groups is 1. The smallest absolute Gasteiger partial charge is 0.321 e. The molecule has 0 aliphatic heterocycles. The van der Waals surface area contributed by atoms with Crippen LogP contribution in [0.3, 0.4) is 0 Å². The zero-order valence-corrected chi connectivity index (χ0v) is 14.5. The van der Waals surface area contributed by atoms with E-state index in [1.807, 2.05) is 48.7 Å². The van der Waals surface area contributed by atoms with Gasteiger partial charge in [-0.2, -0.15) is 0 Å². The Kier molecular flexibility index (Phi) is 6.80. The second kappa shape index (κ2) is 9.07. The largest absolute Gasteiger partial charge is 0.334 e. The number of rotatable bonds is 7. The van der Waals surface area contributed by atoms with Gasteiger partial charge < -0.3 is 9.88 Å². The second-order valence-electron chi connectivity index (χ2n) is 5.43. The first kappa shape index (κ1) is 18.0. The molecule has 0 atom stereocenters. The van der Waals surface area contributed by atoms with Crippen molar-refractivity contribution in [3.05, 3.63) is 42.2 Å². The van der Waals surface area contributed by atoms with Gasteiger partial charge >= 0.3 is 6.03 Å². The number of imide groups is 1. The van der Waals surface area contributed by atoms with Gasteiger partial charge in [0.25, 0.3) is 0 Å². The molecule has 7 nitrogen and oxygen atoms in total. The predicted molar refractivity (Wildman–Crippen MR) is 92.6 cm³/mol. The van der Waals surface area contributed by atoms with Crippen molar-refractivity contribution in [2.45, 2.75) is 38.0 Å². The summed E-state index contributed by atoms with van der Waals surface area (Å²) < 4.78 is 1.94. The minimum absolute atomic E-state index is 0.231.